The molecule has 2 amide bonds. The molecule has 0 radical (unpaired) electrons. The summed E-state index contributed by atoms with van der Waals surface area (Å²) in [5.41, 5.74) is 6.61. The van der Waals surface area contributed by atoms with E-state index < -0.39 is 5.97 Å². The molecule has 0 saturated carbocycles. The Morgan fingerprint density at radius 1 is 1.04 bits per heavy atom. The molecule has 1 aliphatic heterocycles. The highest BCUT2D eigenvalue weighted by molar-refractivity contribution is 7.12. The number of fused-ring (bicyclic) bond motifs is 1. The predicted octanol–water partition coefficient (Wildman–Crippen LogP) is 2.77. The summed E-state index contributed by atoms with van der Waals surface area (Å²) in [5, 5.41) is 5.48. The van der Waals surface area contributed by atoms with Crippen LogP contribution in [0.1, 0.15) is 51.3 Å². The summed E-state index contributed by atoms with van der Waals surface area (Å²) in [6, 6.07) is 10.4. The van der Waals surface area contributed by atoms with Crippen LogP contribution in [0.4, 0.5) is 0 Å². The zero-order valence-corrected chi connectivity index (χ0v) is 15.4. The van der Waals surface area contributed by atoms with E-state index in [9.17, 15) is 14.4 Å². The fourth-order valence-electron chi connectivity index (χ4n) is 2.77. The quantitative estimate of drug-likeness (QED) is 0.188. The van der Waals surface area contributed by atoms with Crippen molar-refractivity contribution in [2.24, 2.45) is 10.9 Å². The van der Waals surface area contributed by atoms with Gasteiger partial charge in [-0.05, 0) is 36.4 Å². The minimum Gasteiger partial charge on any atom is -0.380 e. The van der Waals surface area contributed by atoms with E-state index in [1.165, 1.54) is 16.2 Å². The molecule has 0 atom stereocenters. The first kappa shape index (κ1) is 18.8. The molecule has 140 valence electrons. The maximum absolute atomic E-state index is 12.2. The van der Waals surface area contributed by atoms with Crippen molar-refractivity contribution in [3.8, 4) is 0 Å². The zero-order chi connectivity index (χ0) is 19.2. The largest absolute Gasteiger partial charge is 0.380 e. The standard InChI is InChI=1S/C19H19N3O4S/c20-17(15-9-6-12-27-15)21-26-16(23)10-2-1-5-11-22-18(24)13-7-3-4-8-14(13)19(22)25/h3-4,6-9,12H,1-2,5,10-11H2,(H2,20,21). The van der Waals surface area contributed by atoms with Crippen LogP contribution in [-0.4, -0.2) is 35.1 Å². The zero-order valence-electron chi connectivity index (χ0n) is 14.6. The Bertz CT molecular complexity index is 842. The van der Waals surface area contributed by atoms with Crippen molar-refractivity contribution in [3.63, 3.8) is 0 Å². The van der Waals surface area contributed by atoms with Crippen LogP contribution in [0.25, 0.3) is 0 Å². The van der Waals surface area contributed by atoms with E-state index in [-0.39, 0.29) is 24.1 Å². The first-order valence-corrected chi connectivity index (χ1v) is 9.48. The number of hydrogen-bond acceptors (Lipinski definition) is 6. The van der Waals surface area contributed by atoms with E-state index in [1.54, 1.807) is 30.3 Å². The number of benzene rings is 1. The van der Waals surface area contributed by atoms with Crippen molar-refractivity contribution in [1.29, 1.82) is 0 Å². The third kappa shape index (κ3) is 4.40. The van der Waals surface area contributed by atoms with Crippen molar-refractivity contribution in [2.75, 3.05) is 6.54 Å². The summed E-state index contributed by atoms with van der Waals surface area (Å²) < 4.78 is 0. The molecule has 0 spiro atoms. The molecule has 8 heteroatoms. The van der Waals surface area contributed by atoms with Gasteiger partial charge in [-0.2, -0.15) is 0 Å². The van der Waals surface area contributed by atoms with Crippen molar-refractivity contribution < 1.29 is 19.2 Å². The second-order valence-corrected chi connectivity index (χ2v) is 6.98. The lowest BCUT2D eigenvalue weighted by Gasteiger charge is -2.13. The highest BCUT2D eigenvalue weighted by Crippen LogP contribution is 2.22. The molecular formula is C19H19N3O4S. The average molecular weight is 385 g/mol. The summed E-state index contributed by atoms with van der Waals surface area (Å²) in [7, 11) is 0. The summed E-state index contributed by atoms with van der Waals surface area (Å²) in [5.74, 6) is -0.805. The molecule has 0 aliphatic carbocycles. The van der Waals surface area contributed by atoms with E-state index in [0.717, 1.165) is 4.88 Å². The second kappa shape index (κ2) is 8.59. The van der Waals surface area contributed by atoms with Gasteiger partial charge in [0.2, 0.25) is 0 Å². The van der Waals surface area contributed by atoms with Crippen molar-refractivity contribution >= 4 is 35.0 Å². The molecule has 2 aromatic rings. The van der Waals surface area contributed by atoms with E-state index in [0.29, 0.717) is 36.9 Å². The van der Waals surface area contributed by atoms with Crippen LogP contribution in [0.5, 0.6) is 0 Å². The number of carbonyl (C=O) groups excluding carboxylic acids is 3. The Morgan fingerprint density at radius 2 is 1.74 bits per heavy atom. The van der Waals surface area contributed by atoms with Crippen LogP contribution in [-0.2, 0) is 9.63 Å². The minimum absolute atomic E-state index is 0.170. The van der Waals surface area contributed by atoms with Gasteiger partial charge >= 0.3 is 5.97 Å². The van der Waals surface area contributed by atoms with Gasteiger partial charge in [-0.25, -0.2) is 4.79 Å². The Hall–Kier alpha value is -3.00. The Labute approximate surface area is 160 Å². The number of oxime groups is 1. The van der Waals surface area contributed by atoms with Gasteiger partial charge in [0.25, 0.3) is 11.8 Å². The first-order valence-electron chi connectivity index (χ1n) is 8.60. The highest BCUT2D eigenvalue weighted by atomic mass is 32.1. The molecule has 3 rings (SSSR count). The predicted molar refractivity (Wildman–Crippen MR) is 101 cm³/mol. The number of amidine groups is 1. The number of rotatable bonds is 8. The van der Waals surface area contributed by atoms with E-state index in [2.05, 4.69) is 5.16 Å². The lowest BCUT2D eigenvalue weighted by atomic mass is 10.1. The fraction of sp³-hybridized carbons (Fsp3) is 0.263. The molecule has 2 heterocycles. The van der Waals surface area contributed by atoms with Crippen molar-refractivity contribution in [1.82, 2.24) is 4.90 Å². The molecule has 0 bridgehead atoms. The maximum Gasteiger partial charge on any atom is 0.335 e. The van der Waals surface area contributed by atoms with Gasteiger partial charge in [-0.1, -0.05) is 29.8 Å². The van der Waals surface area contributed by atoms with Gasteiger partial charge in [-0.15, -0.1) is 11.3 Å². The SMILES string of the molecule is N/C(=N\OC(=O)CCCCCN1C(=O)c2ccccc2C1=O)c1cccs1. The van der Waals surface area contributed by atoms with E-state index in [1.807, 2.05) is 11.4 Å². The Kier molecular flexibility index (Phi) is 5.97. The van der Waals surface area contributed by atoms with E-state index in [4.69, 9.17) is 10.6 Å². The molecule has 0 unspecified atom stereocenters. The molecule has 1 aromatic carbocycles. The maximum atomic E-state index is 12.2. The summed E-state index contributed by atoms with van der Waals surface area (Å²) in [6.07, 6.45) is 2.09. The normalized spacial score (nSPS) is 13.8. The monoisotopic (exact) mass is 385 g/mol. The highest BCUT2D eigenvalue weighted by Gasteiger charge is 2.34. The minimum atomic E-state index is -0.463. The van der Waals surface area contributed by atoms with Crippen LogP contribution >= 0.6 is 11.3 Å². The smallest absolute Gasteiger partial charge is 0.335 e. The van der Waals surface area contributed by atoms with Crippen LogP contribution in [0.15, 0.2) is 46.9 Å². The number of amides is 2. The average Bonchev–Trinajstić information content (AvgIpc) is 3.29. The van der Waals surface area contributed by atoms with Crippen molar-refractivity contribution in [2.45, 2.75) is 25.7 Å². The van der Waals surface area contributed by atoms with Gasteiger partial charge in [0.05, 0.1) is 16.0 Å². The van der Waals surface area contributed by atoms with E-state index >= 15 is 0 Å². The molecule has 0 saturated heterocycles. The Morgan fingerprint density at radius 3 is 2.37 bits per heavy atom. The molecular weight excluding hydrogens is 366 g/mol. The number of nitrogens with two attached hydrogens (primary N) is 1. The molecule has 7 nitrogen and oxygen atoms in total. The number of thiophene rings is 1. The number of hydrogen-bond donors (Lipinski definition) is 1. The second-order valence-electron chi connectivity index (χ2n) is 6.04. The van der Waals surface area contributed by atoms with Crippen LogP contribution in [0.3, 0.4) is 0 Å². The molecule has 27 heavy (non-hydrogen) atoms. The van der Waals surface area contributed by atoms with Gasteiger partial charge in [0.15, 0.2) is 5.84 Å². The van der Waals surface area contributed by atoms with Gasteiger partial charge in [0, 0.05) is 13.0 Å². The summed E-state index contributed by atoms with van der Waals surface area (Å²) in [4.78, 5) is 42.9. The summed E-state index contributed by atoms with van der Waals surface area (Å²) in [6.45, 7) is 0.338. The number of nitrogens with zero attached hydrogens (tertiary/aromatic N) is 2. The van der Waals surface area contributed by atoms with Crippen LogP contribution in [0.2, 0.25) is 0 Å². The lowest BCUT2D eigenvalue weighted by molar-refractivity contribution is -0.143. The van der Waals surface area contributed by atoms with Crippen LogP contribution in [0, 0.1) is 0 Å². The molecule has 1 aliphatic rings. The lowest BCUT2D eigenvalue weighted by Crippen LogP contribution is -2.30. The van der Waals surface area contributed by atoms with Crippen LogP contribution < -0.4 is 5.73 Å². The number of carbonyl (C=O) groups is 3. The fourth-order valence-corrected chi connectivity index (χ4v) is 3.39. The van der Waals surface area contributed by atoms with Crippen molar-refractivity contribution in [3.05, 3.63) is 57.8 Å². The molecule has 0 fully saturated rings. The molecule has 2 N–H and O–H groups in total. The molecule has 1 aromatic heterocycles. The van der Waals surface area contributed by atoms with Gasteiger partial charge < -0.3 is 10.6 Å². The third-order valence-corrected chi connectivity index (χ3v) is 5.05. The van der Waals surface area contributed by atoms with Gasteiger partial charge in [0.1, 0.15) is 0 Å². The first-order chi connectivity index (χ1) is 13.1. The summed E-state index contributed by atoms with van der Waals surface area (Å²) >= 11 is 1.41. The number of unbranched alkanes of at least 4 members (excludes halogenated alkanes) is 2. The third-order valence-electron chi connectivity index (χ3n) is 4.16. The van der Waals surface area contributed by atoms with Gasteiger partial charge in [-0.3, -0.25) is 14.5 Å². The number of imide groups is 1. The topological polar surface area (TPSA) is 102 Å². The Balaban J connectivity index is 1.36.